The SMILES string of the molecule is CNC1CCOCC1CCCc1ccccc1. The highest BCUT2D eigenvalue weighted by Gasteiger charge is 2.23. The van der Waals surface area contributed by atoms with Gasteiger partial charge in [0.15, 0.2) is 0 Å². The van der Waals surface area contributed by atoms with Crippen LogP contribution < -0.4 is 5.32 Å². The van der Waals surface area contributed by atoms with Gasteiger partial charge in [-0.15, -0.1) is 0 Å². The summed E-state index contributed by atoms with van der Waals surface area (Å²) >= 11 is 0. The van der Waals surface area contributed by atoms with Gasteiger partial charge >= 0.3 is 0 Å². The summed E-state index contributed by atoms with van der Waals surface area (Å²) in [4.78, 5) is 0. The van der Waals surface area contributed by atoms with Crippen LogP contribution in [0.4, 0.5) is 0 Å². The predicted molar refractivity (Wildman–Crippen MR) is 71.2 cm³/mol. The van der Waals surface area contributed by atoms with Gasteiger partial charge in [0.1, 0.15) is 0 Å². The Kier molecular flexibility index (Phi) is 5.02. The molecule has 1 N–H and O–H groups in total. The molecule has 2 unspecified atom stereocenters. The molecule has 2 heteroatoms. The number of nitrogens with one attached hydrogen (secondary N) is 1. The average Bonchev–Trinajstić information content (AvgIpc) is 2.40. The third-order valence-electron chi connectivity index (χ3n) is 3.73. The van der Waals surface area contributed by atoms with Gasteiger partial charge in [-0.05, 0) is 44.2 Å². The molecule has 0 saturated carbocycles. The Labute approximate surface area is 104 Å². The monoisotopic (exact) mass is 233 g/mol. The molecule has 1 aliphatic heterocycles. The molecule has 1 saturated heterocycles. The van der Waals surface area contributed by atoms with Crippen molar-refractivity contribution >= 4 is 0 Å². The molecule has 0 bridgehead atoms. The lowest BCUT2D eigenvalue weighted by atomic mass is 9.90. The van der Waals surface area contributed by atoms with Crippen LogP contribution in [0.3, 0.4) is 0 Å². The van der Waals surface area contributed by atoms with Gasteiger partial charge in [0.25, 0.3) is 0 Å². The standard InChI is InChI=1S/C15H23NO/c1-16-15-10-11-17-12-14(15)9-5-8-13-6-3-2-4-7-13/h2-4,6-7,14-16H,5,8-12H2,1H3. The van der Waals surface area contributed by atoms with Crippen molar-refractivity contribution in [2.75, 3.05) is 20.3 Å². The first-order valence-corrected chi connectivity index (χ1v) is 6.69. The average molecular weight is 233 g/mol. The molecule has 94 valence electrons. The Morgan fingerprint density at radius 3 is 2.88 bits per heavy atom. The summed E-state index contributed by atoms with van der Waals surface area (Å²) in [6.07, 6.45) is 4.87. The van der Waals surface area contributed by atoms with Crippen molar-refractivity contribution in [3.05, 3.63) is 35.9 Å². The molecule has 2 rings (SSSR count). The molecular weight excluding hydrogens is 210 g/mol. The van der Waals surface area contributed by atoms with Crippen LogP contribution in [0.25, 0.3) is 0 Å². The van der Waals surface area contributed by atoms with Gasteiger partial charge in [-0.25, -0.2) is 0 Å². The van der Waals surface area contributed by atoms with E-state index in [2.05, 4.69) is 42.7 Å². The Morgan fingerprint density at radius 1 is 1.29 bits per heavy atom. The van der Waals surface area contributed by atoms with Crippen molar-refractivity contribution < 1.29 is 4.74 Å². The van der Waals surface area contributed by atoms with Crippen LogP contribution in [-0.2, 0) is 11.2 Å². The molecule has 0 amide bonds. The van der Waals surface area contributed by atoms with Gasteiger partial charge in [0.2, 0.25) is 0 Å². The second kappa shape index (κ2) is 6.77. The van der Waals surface area contributed by atoms with E-state index in [1.807, 2.05) is 0 Å². The van der Waals surface area contributed by atoms with E-state index in [9.17, 15) is 0 Å². The van der Waals surface area contributed by atoms with Crippen molar-refractivity contribution in [3.63, 3.8) is 0 Å². The van der Waals surface area contributed by atoms with Gasteiger partial charge in [-0.1, -0.05) is 30.3 Å². The molecule has 1 fully saturated rings. The lowest BCUT2D eigenvalue weighted by molar-refractivity contribution is 0.0301. The second-order valence-electron chi connectivity index (χ2n) is 4.90. The number of aryl methyl sites for hydroxylation is 1. The minimum Gasteiger partial charge on any atom is -0.381 e. The predicted octanol–water partition coefficient (Wildman–Crippen LogP) is 2.63. The Hall–Kier alpha value is -0.860. The highest BCUT2D eigenvalue weighted by atomic mass is 16.5. The molecular formula is C15H23NO. The highest BCUT2D eigenvalue weighted by molar-refractivity contribution is 5.14. The molecule has 2 atom stereocenters. The van der Waals surface area contributed by atoms with E-state index in [4.69, 9.17) is 4.74 Å². The van der Waals surface area contributed by atoms with Crippen LogP contribution in [0, 0.1) is 5.92 Å². The summed E-state index contributed by atoms with van der Waals surface area (Å²) in [5.41, 5.74) is 1.45. The highest BCUT2D eigenvalue weighted by Crippen LogP contribution is 2.20. The minimum atomic E-state index is 0.652. The fraction of sp³-hybridized carbons (Fsp3) is 0.600. The Morgan fingerprint density at radius 2 is 2.12 bits per heavy atom. The van der Waals surface area contributed by atoms with E-state index in [0.29, 0.717) is 12.0 Å². The Bertz CT molecular complexity index is 312. The quantitative estimate of drug-likeness (QED) is 0.844. The van der Waals surface area contributed by atoms with E-state index < -0.39 is 0 Å². The van der Waals surface area contributed by atoms with E-state index in [1.54, 1.807) is 0 Å². The third-order valence-corrected chi connectivity index (χ3v) is 3.73. The maximum Gasteiger partial charge on any atom is 0.0509 e. The maximum absolute atomic E-state index is 5.58. The third kappa shape index (κ3) is 3.83. The smallest absolute Gasteiger partial charge is 0.0509 e. The molecule has 0 aliphatic carbocycles. The molecule has 1 aromatic carbocycles. The molecule has 0 spiro atoms. The molecule has 1 heterocycles. The van der Waals surface area contributed by atoms with Crippen LogP contribution in [-0.4, -0.2) is 26.3 Å². The van der Waals surface area contributed by atoms with Crippen LogP contribution >= 0.6 is 0 Å². The summed E-state index contributed by atoms with van der Waals surface area (Å²) in [6.45, 7) is 1.85. The van der Waals surface area contributed by atoms with Gasteiger partial charge in [-0.3, -0.25) is 0 Å². The largest absolute Gasteiger partial charge is 0.381 e. The van der Waals surface area contributed by atoms with Crippen LogP contribution in [0.1, 0.15) is 24.8 Å². The molecule has 2 nitrogen and oxygen atoms in total. The lowest BCUT2D eigenvalue weighted by Gasteiger charge is -2.31. The number of hydrogen-bond acceptors (Lipinski definition) is 2. The first-order chi connectivity index (χ1) is 8.40. The van der Waals surface area contributed by atoms with Gasteiger partial charge in [0.05, 0.1) is 6.61 Å². The van der Waals surface area contributed by atoms with Crippen molar-refractivity contribution in [1.82, 2.24) is 5.32 Å². The van der Waals surface area contributed by atoms with E-state index >= 15 is 0 Å². The van der Waals surface area contributed by atoms with Crippen LogP contribution in [0.5, 0.6) is 0 Å². The minimum absolute atomic E-state index is 0.652. The fourth-order valence-corrected chi connectivity index (χ4v) is 2.67. The number of benzene rings is 1. The van der Waals surface area contributed by atoms with E-state index in [-0.39, 0.29) is 0 Å². The summed E-state index contributed by atoms with van der Waals surface area (Å²) in [7, 11) is 2.07. The topological polar surface area (TPSA) is 21.3 Å². The second-order valence-corrected chi connectivity index (χ2v) is 4.90. The summed E-state index contributed by atoms with van der Waals surface area (Å²) in [5.74, 6) is 0.692. The molecule has 1 aromatic rings. The van der Waals surface area contributed by atoms with Crippen molar-refractivity contribution in [2.24, 2.45) is 5.92 Å². The fourth-order valence-electron chi connectivity index (χ4n) is 2.67. The summed E-state index contributed by atoms with van der Waals surface area (Å²) < 4.78 is 5.58. The van der Waals surface area contributed by atoms with Crippen molar-refractivity contribution in [3.8, 4) is 0 Å². The summed E-state index contributed by atoms with van der Waals surface area (Å²) in [6, 6.07) is 11.4. The lowest BCUT2D eigenvalue weighted by Crippen LogP contribution is -2.40. The number of rotatable bonds is 5. The zero-order valence-electron chi connectivity index (χ0n) is 10.7. The molecule has 17 heavy (non-hydrogen) atoms. The van der Waals surface area contributed by atoms with Gasteiger partial charge in [-0.2, -0.15) is 0 Å². The van der Waals surface area contributed by atoms with Crippen molar-refractivity contribution in [2.45, 2.75) is 31.7 Å². The Balaban J connectivity index is 1.74. The van der Waals surface area contributed by atoms with Gasteiger partial charge in [0, 0.05) is 12.6 Å². The van der Waals surface area contributed by atoms with Crippen LogP contribution in [0.15, 0.2) is 30.3 Å². The summed E-state index contributed by atoms with van der Waals surface area (Å²) in [5, 5.41) is 3.42. The number of ether oxygens (including phenoxy) is 1. The van der Waals surface area contributed by atoms with Gasteiger partial charge < -0.3 is 10.1 Å². The van der Waals surface area contributed by atoms with Crippen LogP contribution in [0.2, 0.25) is 0 Å². The van der Waals surface area contributed by atoms with E-state index in [1.165, 1.54) is 24.8 Å². The number of hydrogen-bond donors (Lipinski definition) is 1. The van der Waals surface area contributed by atoms with Crippen molar-refractivity contribution in [1.29, 1.82) is 0 Å². The molecule has 1 aliphatic rings. The zero-order chi connectivity index (χ0) is 11.9. The van der Waals surface area contributed by atoms with E-state index in [0.717, 1.165) is 19.6 Å². The first-order valence-electron chi connectivity index (χ1n) is 6.69. The normalized spacial score (nSPS) is 24.8. The maximum atomic E-state index is 5.58. The first kappa shape index (κ1) is 12.6. The molecule has 0 aromatic heterocycles. The molecule has 0 radical (unpaired) electrons. The zero-order valence-corrected chi connectivity index (χ0v) is 10.7.